The minimum atomic E-state index is -0.235. The van der Waals surface area contributed by atoms with E-state index in [4.69, 9.17) is 11.6 Å². The van der Waals surface area contributed by atoms with Gasteiger partial charge in [0.05, 0.1) is 22.3 Å². The van der Waals surface area contributed by atoms with Crippen LogP contribution in [0.5, 0.6) is 0 Å². The molecule has 0 fully saturated rings. The highest BCUT2D eigenvalue weighted by atomic mass is 35.5. The lowest BCUT2D eigenvalue weighted by atomic mass is 10.1. The Morgan fingerprint density at radius 2 is 1.84 bits per heavy atom. The molecule has 8 heteroatoms. The van der Waals surface area contributed by atoms with E-state index in [1.807, 2.05) is 41.8 Å². The molecule has 0 saturated heterocycles. The van der Waals surface area contributed by atoms with Crippen LogP contribution in [0.1, 0.15) is 25.6 Å². The number of thiophene rings is 1. The average molecular weight is 459 g/mol. The molecular formula is C24H15ClN4O2S. The number of carbonyl (C=O) groups excluding carboxylic acids is 2. The van der Waals surface area contributed by atoms with E-state index < -0.39 is 0 Å². The largest absolute Gasteiger partial charge is 0.322 e. The van der Waals surface area contributed by atoms with Gasteiger partial charge in [0.15, 0.2) is 5.65 Å². The summed E-state index contributed by atoms with van der Waals surface area (Å²) in [5.74, 6) is -0.342. The van der Waals surface area contributed by atoms with Gasteiger partial charge in [-0.1, -0.05) is 29.8 Å². The van der Waals surface area contributed by atoms with E-state index in [2.05, 4.69) is 15.4 Å². The molecule has 2 aromatic carbocycles. The topological polar surface area (TPSA) is 76.4 Å². The van der Waals surface area contributed by atoms with E-state index in [9.17, 15) is 9.59 Å². The Hall–Kier alpha value is -3.81. The van der Waals surface area contributed by atoms with Gasteiger partial charge in [0.1, 0.15) is 0 Å². The molecule has 0 atom stereocenters. The smallest absolute Gasteiger partial charge is 0.255 e. The Morgan fingerprint density at radius 1 is 1.00 bits per heavy atom. The molecule has 1 N–H and O–H groups in total. The van der Waals surface area contributed by atoms with Crippen LogP contribution >= 0.6 is 22.9 Å². The Kier molecular flexibility index (Phi) is 5.26. The molecule has 5 rings (SSSR count). The summed E-state index contributed by atoms with van der Waals surface area (Å²) < 4.78 is 1.64. The standard InChI is InChI=1S/C24H15ClN4O2S/c25-17-8-6-15(7-9-17)24(31)28-18-4-1-3-16(13-18)20-10-11-26-23-19(14-27-29(20)23)22(30)21-5-2-12-32-21/h1-14H,(H,28,31). The van der Waals surface area contributed by atoms with Crippen molar-refractivity contribution in [3.8, 4) is 11.3 Å². The molecule has 5 aromatic rings. The van der Waals surface area contributed by atoms with Gasteiger partial charge in [0.25, 0.3) is 5.91 Å². The van der Waals surface area contributed by atoms with E-state index in [1.165, 1.54) is 11.3 Å². The molecule has 0 spiro atoms. The third-order valence-electron chi connectivity index (χ3n) is 4.91. The number of anilines is 1. The van der Waals surface area contributed by atoms with Gasteiger partial charge in [-0.2, -0.15) is 5.10 Å². The van der Waals surface area contributed by atoms with Crippen molar-refractivity contribution in [3.63, 3.8) is 0 Å². The summed E-state index contributed by atoms with van der Waals surface area (Å²) in [6, 6.07) is 19.6. The van der Waals surface area contributed by atoms with Crippen molar-refractivity contribution in [3.05, 3.63) is 106 Å². The van der Waals surface area contributed by atoms with Gasteiger partial charge in [-0.05, 0) is 53.9 Å². The van der Waals surface area contributed by atoms with Crippen molar-refractivity contribution in [2.75, 3.05) is 5.32 Å². The number of hydrogen-bond donors (Lipinski definition) is 1. The van der Waals surface area contributed by atoms with Gasteiger partial charge in [-0.3, -0.25) is 9.59 Å². The summed E-state index contributed by atoms with van der Waals surface area (Å²) in [6.45, 7) is 0. The Labute approximate surface area is 192 Å². The van der Waals surface area contributed by atoms with Crippen molar-refractivity contribution in [1.29, 1.82) is 0 Å². The number of carbonyl (C=O) groups is 2. The highest BCUT2D eigenvalue weighted by Gasteiger charge is 2.18. The summed E-state index contributed by atoms with van der Waals surface area (Å²) in [4.78, 5) is 30.4. The number of ketones is 1. The molecule has 32 heavy (non-hydrogen) atoms. The zero-order valence-corrected chi connectivity index (χ0v) is 18.1. The van der Waals surface area contributed by atoms with Crippen LogP contribution in [0.2, 0.25) is 5.02 Å². The number of nitrogens with zero attached hydrogens (tertiary/aromatic N) is 3. The molecule has 0 aliphatic rings. The van der Waals surface area contributed by atoms with Gasteiger partial charge >= 0.3 is 0 Å². The third kappa shape index (κ3) is 3.79. The Morgan fingerprint density at radius 3 is 2.62 bits per heavy atom. The normalized spacial score (nSPS) is 10.9. The molecule has 0 bridgehead atoms. The molecule has 156 valence electrons. The maximum atomic E-state index is 12.8. The predicted octanol–water partition coefficient (Wildman–Crippen LogP) is 5.59. The van der Waals surface area contributed by atoms with Crippen molar-refractivity contribution in [2.24, 2.45) is 0 Å². The summed E-state index contributed by atoms with van der Waals surface area (Å²) in [5.41, 5.74) is 3.65. The van der Waals surface area contributed by atoms with Crippen molar-refractivity contribution in [1.82, 2.24) is 14.6 Å². The second kappa shape index (κ2) is 8.37. The zero-order chi connectivity index (χ0) is 22.1. The number of hydrogen-bond acceptors (Lipinski definition) is 5. The number of fused-ring (bicyclic) bond motifs is 1. The van der Waals surface area contributed by atoms with Crippen LogP contribution in [-0.4, -0.2) is 26.3 Å². The minimum absolute atomic E-state index is 0.108. The average Bonchev–Trinajstić information content (AvgIpc) is 3.49. The van der Waals surface area contributed by atoms with E-state index in [-0.39, 0.29) is 11.7 Å². The number of aromatic nitrogens is 3. The first-order valence-corrected chi connectivity index (χ1v) is 10.9. The Bertz CT molecular complexity index is 1440. The maximum absolute atomic E-state index is 12.8. The van der Waals surface area contributed by atoms with Gasteiger partial charge in [-0.25, -0.2) is 9.50 Å². The lowest BCUT2D eigenvalue weighted by Gasteiger charge is -2.09. The van der Waals surface area contributed by atoms with Crippen LogP contribution in [0.25, 0.3) is 16.9 Å². The fourth-order valence-corrected chi connectivity index (χ4v) is 4.18. The summed E-state index contributed by atoms with van der Waals surface area (Å²) in [5, 5.41) is 9.74. The first kappa shape index (κ1) is 20.1. The molecule has 3 aromatic heterocycles. The van der Waals surface area contributed by atoms with E-state index in [0.29, 0.717) is 32.4 Å². The SMILES string of the molecule is O=C(Nc1cccc(-c2ccnc3c(C(=O)c4cccs4)cnn23)c1)c1ccc(Cl)cc1. The van der Waals surface area contributed by atoms with Crippen LogP contribution < -0.4 is 5.32 Å². The predicted molar refractivity (Wildman–Crippen MR) is 126 cm³/mol. The van der Waals surface area contributed by atoms with Crippen LogP contribution in [0.15, 0.2) is 84.5 Å². The molecule has 3 heterocycles. The zero-order valence-electron chi connectivity index (χ0n) is 16.5. The number of nitrogens with one attached hydrogen (secondary N) is 1. The number of benzene rings is 2. The fraction of sp³-hybridized carbons (Fsp3) is 0. The van der Waals surface area contributed by atoms with E-state index in [0.717, 1.165) is 11.3 Å². The summed E-state index contributed by atoms with van der Waals surface area (Å²) in [6.07, 6.45) is 3.19. The highest BCUT2D eigenvalue weighted by molar-refractivity contribution is 7.12. The molecule has 0 saturated carbocycles. The van der Waals surface area contributed by atoms with Crippen LogP contribution in [0.3, 0.4) is 0 Å². The summed E-state index contributed by atoms with van der Waals surface area (Å²) >= 11 is 7.28. The molecule has 0 aliphatic carbocycles. The second-order valence-electron chi connectivity index (χ2n) is 6.97. The van der Waals surface area contributed by atoms with Crippen LogP contribution in [0, 0.1) is 0 Å². The first-order valence-electron chi connectivity index (χ1n) is 9.68. The quantitative estimate of drug-likeness (QED) is 0.348. The van der Waals surface area contributed by atoms with Gasteiger partial charge in [0, 0.05) is 28.0 Å². The third-order valence-corrected chi connectivity index (χ3v) is 6.03. The molecule has 0 aliphatic heterocycles. The van der Waals surface area contributed by atoms with Crippen molar-refractivity contribution >= 4 is 46.0 Å². The molecule has 0 radical (unpaired) electrons. The van der Waals surface area contributed by atoms with Crippen molar-refractivity contribution < 1.29 is 9.59 Å². The number of halogens is 1. The first-order chi connectivity index (χ1) is 15.6. The lowest BCUT2D eigenvalue weighted by Crippen LogP contribution is -2.11. The van der Waals surface area contributed by atoms with Gasteiger partial charge in [-0.15, -0.1) is 11.3 Å². The fourth-order valence-electron chi connectivity index (χ4n) is 3.37. The Balaban J connectivity index is 1.47. The van der Waals surface area contributed by atoms with Crippen molar-refractivity contribution in [2.45, 2.75) is 0 Å². The van der Waals surface area contributed by atoms with Gasteiger partial charge in [0.2, 0.25) is 5.78 Å². The minimum Gasteiger partial charge on any atom is -0.322 e. The monoisotopic (exact) mass is 458 g/mol. The van der Waals surface area contributed by atoms with E-state index in [1.54, 1.807) is 47.2 Å². The lowest BCUT2D eigenvalue weighted by molar-refractivity contribution is 0.102. The molecular weight excluding hydrogens is 444 g/mol. The van der Waals surface area contributed by atoms with E-state index >= 15 is 0 Å². The van der Waals surface area contributed by atoms with Crippen LogP contribution in [0.4, 0.5) is 5.69 Å². The summed E-state index contributed by atoms with van der Waals surface area (Å²) in [7, 11) is 0. The van der Waals surface area contributed by atoms with Crippen LogP contribution in [-0.2, 0) is 0 Å². The second-order valence-corrected chi connectivity index (χ2v) is 8.36. The molecule has 0 unspecified atom stereocenters. The number of amides is 1. The molecule has 1 amide bonds. The highest BCUT2D eigenvalue weighted by Crippen LogP contribution is 2.25. The molecule has 6 nitrogen and oxygen atoms in total. The number of rotatable bonds is 5. The van der Waals surface area contributed by atoms with Gasteiger partial charge < -0.3 is 5.32 Å². The maximum Gasteiger partial charge on any atom is 0.255 e.